The molecule has 0 saturated carbocycles. The third-order valence-electron chi connectivity index (χ3n) is 2.64. The first kappa shape index (κ1) is 19.3. The molecule has 0 spiro atoms. The first-order chi connectivity index (χ1) is 9.49. The lowest BCUT2D eigenvalue weighted by molar-refractivity contribution is -0.120. The van der Waals surface area contributed by atoms with Crippen LogP contribution >= 0.6 is 0 Å². The summed E-state index contributed by atoms with van der Waals surface area (Å²) in [5, 5.41) is 3.09. The van der Waals surface area contributed by atoms with Gasteiger partial charge >= 0.3 is 0 Å². The molecule has 1 aliphatic heterocycles. The number of nitrogens with one attached hydrogen (secondary N) is 1. The molecule has 1 amide bonds. The highest BCUT2D eigenvalue weighted by atomic mass is 16.5. The molecule has 1 atom stereocenters. The lowest BCUT2D eigenvalue weighted by atomic mass is 10.2. The lowest BCUT2D eigenvalue weighted by Gasteiger charge is -2.34. The van der Waals surface area contributed by atoms with Gasteiger partial charge < -0.3 is 20.7 Å². The second kappa shape index (κ2) is 12.1. The molecule has 6 nitrogen and oxygen atoms in total. The summed E-state index contributed by atoms with van der Waals surface area (Å²) in [4.78, 5) is 14.5. The first-order valence-corrected chi connectivity index (χ1v) is 7.39. The number of hydrogen-bond donors (Lipinski definition) is 2. The molecule has 1 heterocycles. The molecule has 6 heteroatoms. The van der Waals surface area contributed by atoms with Crippen LogP contribution < -0.4 is 11.1 Å². The maximum absolute atomic E-state index is 10.5. The van der Waals surface area contributed by atoms with E-state index in [-0.39, 0.29) is 6.10 Å². The normalized spacial score (nSPS) is 19.4. The smallest absolute Gasteiger partial charge is 0.209 e. The van der Waals surface area contributed by atoms with Gasteiger partial charge in [-0.2, -0.15) is 0 Å². The fourth-order valence-electron chi connectivity index (χ4n) is 1.80. The molecule has 120 valence electrons. The van der Waals surface area contributed by atoms with Gasteiger partial charge in [-0.1, -0.05) is 20.8 Å². The van der Waals surface area contributed by atoms with Crippen LogP contribution in [0.2, 0.25) is 0 Å². The van der Waals surface area contributed by atoms with Gasteiger partial charge in [-0.3, -0.25) is 9.69 Å². The SMILES string of the molecule is CC(C)C.CN(C=O)CC1CN(CCNCN)CCO1. The molecule has 0 bridgehead atoms. The lowest BCUT2D eigenvalue weighted by Crippen LogP contribution is -2.48. The fraction of sp³-hybridized carbons (Fsp3) is 0.929. The molecule has 0 aromatic rings. The first-order valence-electron chi connectivity index (χ1n) is 7.39. The summed E-state index contributed by atoms with van der Waals surface area (Å²) in [6, 6.07) is 0. The van der Waals surface area contributed by atoms with E-state index in [0.717, 1.165) is 45.1 Å². The number of likely N-dealkylation sites (N-methyl/N-ethyl adjacent to an activating group) is 1. The van der Waals surface area contributed by atoms with E-state index in [1.165, 1.54) is 0 Å². The average Bonchev–Trinajstić information content (AvgIpc) is 2.39. The van der Waals surface area contributed by atoms with Gasteiger partial charge in [0.2, 0.25) is 6.41 Å². The van der Waals surface area contributed by atoms with Gasteiger partial charge in [0.15, 0.2) is 0 Å². The Morgan fingerprint density at radius 2 is 2.15 bits per heavy atom. The Kier molecular flexibility index (Phi) is 11.7. The Morgan fingerprint density at radius 1 is 1.50 bits per heavy atom. The van der Waals surface area contributed by atoms with Crippen molar-refractivity contribution in [1.29, 1.82) is 0 Å². The molecular weight excluding hydrogens is 256 g/mol. The molecule has 1 unspecified atom stereocenters. The van der Waals surface area contributed by atoms with E-state index in [0.29, 0.717) is 13.2 Å². The summed E-state index contributed by atoms with van der Waals surface area (Å²) in [6.45, 7) is 12.1. The standard InChI is InChI=1S/C10H22N4O2.C4H10/c1-13(9-15)6-10-7-14(4-5-16-10)3-2-12-8-11;1-4(2)3/h9-10,12H,2-8,11H2,1H3;4H,1-3H3. The summed E-state index contributed by atoms with van der Waals surface area (Å²) in [7, 11) is 1.77. The second-order valence-corrected chi connectivity index (χ2v) is 5.77. The molecule has 1 fully saturated rings. The van der Waals surface area contributed by atoms with Crippen LogP contribution in [0.1, 0.15) is 20.8 Å². The average molecular weight is 288 g/mol. The third-order valence-corrected chi connectivity index (χ3v) is 2.64. The number of carbonyl (C=O) groups is 1. The Hall–Kier alpha value is -0.690. The van der Waals surface area contributed by atoms with Gasteiger partial charge in [-0.15, -0.1) is 0 Å². The van der Waals surface area contributed by atoms with Crippen LogP contribution in [0.15, 0.2) is 0 Å². The van der Waals surface area contributed by atoms with Crippen molar-refractivity contribution in [2.24, 2.45) is 11.7 Å². The van der Waals surface area contributed by atoms with E-state index < -0.39 is 0 Å². The minimum atomic E-state index is 0.127. The number of morpholine rings is 1. The van der Waals surface area contributed by atoms with E-state index in [4.69, 9.17) is 10.5 Å². The molecule has 1 saturated heterocycles. The molecule has 1 aliphatic rings. The predicted octanol–water partition coefficient (Wildman–Crippen LogP) is -0.0565. The number of amides is 1. The van der Waals surface area contributed by atoms with Crippen LogP contribution in [-0.2, 0) is 9.53 Å². The Labute approximate surface area is 123 Å². The van der Waals surface area contributed by atoms with E-state index >= 15 is 0 Å². The van der Waals surface area contributed by atoms with Crippen molar-refractivity contribution in [3.05, 3.63) is 0 Å². The zero-order valence-corrected chi connectivity index (χ0v) is 13.5. The molecule has 1 rings (SSSR count). The van der Waals surface area contributed by atoms with Crippen LogP contribution in [0.25, 0.3) is 0 Å². The van der Waals surface area contributed by atoms with Gasteiger partial charge in [-0.25, -0.2) is 0 Å². The summed E-state index contributed by atoms with van der Waals surface area (Å²) in [5.41, 5.74) is 5.36. The third kappa shape index (κ3) is 11.2. The number of carbonyl (C=O) groups excluding carboxylic acids is 1. The van der Waals surface area contributed by atoms with E-state index in [1.54, 1.807) is 11.9 Å². The number of nitrogens with two attached hydrogens (primary N) is 1. The number of hydrogen-bond acceptors (Lipinski definition) is 5. The van der Waals surface area contributed by atoms with Crippen LogP contribution in [0.5, 0.6) is 0 Å². The molecule has 20 heavy (non-hydrogen) atoms. The van der Waals surface area contributed by atoms with E-state index in [1.807, 2.05) is 0 Å². The summed E-state index contributed by atoms with van der Waals surface area (Å²) >= 11 is 0. The topological polar surface area (TPSA) is 70.8 Å². The van der Waals surface area contributed by atoms with Crippen molar-refractivity contribution in [2.75, 3.05) is 53.0 Å². The van der Waals surface area contributed by atoms with Crippen LogP contribution in [0.4, 0.5) is 0 Å². The van der Waals surface area contributed by atoms with Gasteiger partial charge in [0.1, 0.15) is 0 Å². The van der Waals surface area contributed by atoms with Gasteiger partial charge in [0, 0.05) is 46.4 Å². The highest BCUT2D eigenvalue weighted by Crippen LogP contribution is 2.05. The van der Waals surface area contributed by atoms with E-state index in [9.17, 15) is 4.79 Å². The monoisotopic (exact) mass is 288 g/mol. The summed E-state index contributed by atoms with van der Waals surface area (Å²) < 4.78 is 5.60. The quantitative estimate of drug-likeness (QED) is 0.390. The summed E-state index contributed by atoms with van der Waals surface area (Å²) in [6.07, 6.45) is 0.958. The second-order valence-electron chi connectivity index (χ2n) is 5.77. The predicted molar refractivity (Wildman–Crippen MR) is 82.4 cm³/mol. The van der Waals surface area contributed by atoms with Crippen molar-refractivity contribution in [3.8, 4) is 0 Å². The Bertz CT molecular complexity index is 236. The van der Waals surface area contributed by atoms with Crippen LogP contribution in [0.3, 0.4) is 0 Å². The fourth-order valence-corrected chi connectivity index (χ4v) is 1.80. The van der Waals surface area contributed by atoms with Gasteiger partial charge in [-0.05, 0) is 5.92 Å². The minimum Gasteiger partial charge on any atom is -0.374 e. The maximum atomic E-state index is 10.5. The molecule has 0 aliphatic carbocycles. The van der Waals surface area contributed by atoms with Crippen LogP contribution in [0, 0.1) is 5.92 Å². The van der Waals surface area contributed by atoms with Crippen molar-refractivity contribution in [2.45, 2.75) is 26.9 Å². The Morgan fingerprint density at radius 3 is 2.70 bits per heavy atom. The molecule has 0 aromatic carbocycles. The largest absolute Gasteiger partial charge is 0.374 e. The zero-order valence-electron chi connectivity index (χ0n) is 13.5. The Balaban J connectivity index is 0.000000796. The highest BCUT2D eigenvalue weighted by molar-refractivity contribution is 5.46. The molecule has 0 aromatic heterocycles. The highest BCUT2D eigenvalue weighted by Gasteiger charge is 2.20. The van der Waals surface area contributed by atoms with Crippen molar-refractivity contribution in [3.63, 3.8) is 0 Å². The van der Waals surface area contributed by atoms with Crippen LogP contribution in [-0.4, -0.2) is 75.4 Å². The maximum Gasteiger partial charge on any atom is 0.209 e. The van der Waals surface area contributed by atoms with E-state index in [2.05, 4.69) is 31.0 Å². The van der Waals surface area contributed by atoms with Crippen molar-refractivity contribution in [1.82, 2.24) is 15.1 Å². The molecule has 3 N–H and O–H groups in total. The van der Waals surface area contributed by atoms with Gasteiger partial charge in [0.05, 0.1) is 12.7 Å². The van der Waals surface area contributed by atoms with Crippen molar-refractivity contribution >= 4 is 6.41 Å². The minimum absolute atomic E-state index is 0.127. The van der Waals surface area contributed by atoms with Crippen molar-refractivity contribution < 1.29 is 9.53 Å². The summed E-state index contributed by atoms with van der Waals surface area (Å²) in [5.74, 6) is 0.833. The molecular formula is C14H32N4O2. The molecule has 0 radical (unpaired) electrons. The zero-order chi connectivity index (χ0) is 15.4. The number of ether oxygens (including phenoxy) is 1. The van der Waals surface area contributed by atoms with Gasteiger partial charge in [0.25, 0.3) is 0 Å². The number of nitrogens with zero attached hydrogens (tertiary/aromatic N) is 2. The number of rotatable bonds is 7.